The van der Waals surface area contributed by atoms with Crippen LogP contribution in [-0.2, 0) is 21.2 Å². The van der Waals surface area contributed by atoms with Gasteiger partial charge in [-0.2, -0.15) is 4.72 Å². The van der Waals surface area contributed by atoms with Gasteiger partial charge in [-0.3, -0.25) is 4.79 Å². The molecule has 1 atom stereocenters. The second kappa shape index (κ2) is 5.85. The minimum Gasteiger partial charge on any atom is -0.480 e. The lowest BCUT2D eigenvalue weighted by Crippen LogP contribution is -2.42. The molecule has 1 heterocycles. The van der Waals surface area contributed by atoms with Gasteiger partial charge in [-0.25, -0.2) is 13.4 Å². The second-order valence-corrected chi connectivity index (χ2v) is 5.80. The summed E-state index contributed by atoms with van der Waals surface area (Å²) in [6.45, 7) is 0. The molecule has 0 aliphatic carbocycles. The molecular formula is C12H13N3O4S. The molecule has 3 N–H and O–H groups in total. The van der Waals surface area contributed by atoms with Crippen molar-refractivity contribution in [3.8, 4) is 0 Å². The van der Waals surface area contributed by atoms with Crippen LogP contribution in [0.4, 0.5) is 0 Å². The fraction of sp³-hybridized carbons (Fsp3) is 0.167. The number of carboxylic acids is 1. The zero-order valence-electron chi connectivity index (χ0n) is 10.4. The predicted molar refractivity (Wildman–Crippen MR) is 70.5 cm³/mol. The first-order chi connectivity index (χ1) is 9.49. The average Bonchev–Trinajstić information content (AvgIpc) is 2.93. The molecule has 0 radical (unpaired) electrons. The Morgan fingerprint density at radius 2 is 2.05 bits per heavy atom. The highest BCUT2D eigenvalue weighted by Crippen LogP contribution is 2.08. The zero-order valence-corrected chi connectivity index (χ0v) is 11.2. The number of aliphatic carboxylic acids is 1. The summed E-state index contributed by atoms with van der Waals surface area (Å²) in [7, 11) is -3.93. The number of rotatable bonds is 6. The molecule has 7 nitrogen and oxygen atoms in total. The highest BCUT2D eigenvalue weighted by atomic mass is 32.2. The number of nitrogens with zero attached hydrogens (tertiary/aromatic N) is 1. The third-order valence-corrected chi connectivity index (χ3v) is 4.04. The number of imidazole rings is 1. The van der Waals surface area contributed by atoms with E-state index < -0.39 is 22.0 Å². The Hall–Kier alpha value is -2.19. The summed E-state index contributed by atoms with van der Waals surface area (Å²) in [6.07, 6.45) is 2.38. The van der Waals surface area contributed by atoms with Gasteiger partial charge in [0.1, 0.15) is 6.04 Å². The number of H-pyrrole nitrogens is 1. The summed E-state index contributed by atoms with van der Waals surface area (Å²) >= 11 is 0. The summed E-state index contributed by atoms with van der Waals surface area (Å²) < 4.78 is 26.1. The van der Waals surface area contributed by atoms with E-state index in [1.165, 1.54) is 6.33 Å². The Balaban J connectivity index is 2.17. The molecule has 0 saturated heterocycles. The van der Waals surface area contributed by atoms with Crippen LogP contribution in [0.2, 0.25) is 0 Å². The molecule has 8 heteroatoms. The molecule has 0 aliphatic rings. The van der Waals surface area contributed by atoms with Gasteiger partial charge in [0.25, 0.3) is 10.0 Å². The predicted octanol–water partition coefficient (Wildman–Crippen LogP) is 0.384. The molecule has 20 heavy (non-hydrogen) atoms. The van der Waals surface area contributed by atoms with Crippen molar-refractivity contribution < 1.29 is 18.3 Å². The standard InChI is InChI=1S/C12H13N3O4S/c16-12(17)10(6-9-4-2-1-3-5-9)15-20(18,19)11-7-13-8-14-11/h1-5,7-8,10,15H,6H2,(H,13,14)(H,16,17)/t10-/m1/s1. The van der Waals surface area contributed by atoms with E-state index in [4.69, 9.17) is 5.11 Å². The maximum atomic E-state index is 12.0. The number of nitrogens with one attached hydrogen (secondary N) is 2. The maximum Gasteiger partial charge on any atom is 0.322 e. The van der Waals surface area contributed by atoms with Gasteiger partial charge in [0, 0.05) is 0 Å². The average molecular weight is 295 g/mol. The van der Waals surface area contributed by atoms with Crippen molar-refractivity contribution in [1.82, 2.24) is 14.7 Å². The number of aromatic amines is 1. The van der Waals surface area contributed by atoms with Gasteiger partial charge in [0.2, 0.25) is 0 Å². The molecule has 1 aromatic carbocycles. The largest absolute Gasteiger partial charge is 0.480 e. The molecule has 0 fully saturated rings. The van der Waals surface area contributed by atoms with Crippen LogP contribution in [0.15, 0.2) is 47.9 Å². The quantitative estimate of drug-likeness (QED) is 0.713. The van der Waals surface area contributed by atoms with E-state index in [-0.39, 0.29) is 11.4 Å². The summed E-state index contributed by atoms with van der Waals surface area (Å²) in [4.78, 5) is 17.2. The number of benzene rings is 1. The summed E-state index contributed by atoms with van der Waals surface area (Å²) in [6, 6.07) is 7.55. The lowest BCUT2D eigenvalue weighted by molar-refractivity contribution is -0.138. The Labute approximate surface area is 115 Å². The topological polar surface area (TPSA) is 112 Å². The number of hydrogen-bond donors (Lipinski definition) is 3. The lowest BCUT2D eigenvalue weighted by atomic mass is 10.1. The minimum absolute atomic E-state index is 0.0591. The first kappa shape index (κ1) is 14.2. The third-order valence-electron chi connectivity index (χ3n) is 2.64. The van der Waals surface area contributed by atoms with Crippen LogP contribution in [0.25, 0.3) is 0 Å². The van der Waals surface area contributed by atoms with Crippen LogP contribution < -0.4 is 4.72 Å². The van der Waals surface area contributed by atoms with Gasteiger partial charge in [-0.1, -0.05) is 30.3 Å². The minimum atomic E-state index is -3.93. The van der Waals surface area contributed by atoms with Crippen LogP contribution in [0.5, 0.6) is 0 Å². The number of aromatic nitrogens is 2. The van der Waals surface area contributed by atoms with E-state index in [0.717, 1.165) is 11.8 Å². The molecule has 106 valence electrons. The van der Waals surface area contributed by atoms with Crippen molar-refractivity contribution in [2.45, 2.75) is 17.5 Å². The summed E-state index contributed by atoms with van der Waals surface area (Å²) in [5.41, 5.74) is 0.729. The first-order valence-corrected chi connectivity index (χ1v) is 7.25. The number of carbonyl (C=O) groups is 1. The molecular weight excluding hydrogens is 282 g/mol. The van der Waals surface area contributed by atoms with E-state index in [2.05, 4.69) is 14.7 Å². The summed E-state index contributed by atoms with van der Waals surface area (Å²) in [5, 5.41) is 8.97. The van der Waals surface area contributed by atoms with Gasteiger partial charge < -0.3 is 10.1 Å². The SMILES string of the molecule is O=C(O)[C@@H](Cc1ccccc1)NS(=O)(=O)c1cnc[nH]1. The van der Waals surface area contributed by atoms with Gasteiger partial charge >= 0.3 is 5.97 Å². The highest BCUT2D eigenvalue weighted by Gasteiger charge is 2.26. The van der Waals surface area contributed by atoms with Gasteiger partial charge in [0.15, 0.2) is 5.03 Å². The summed E-state index contributed by atoms with van der Waals surface area (Å²) in [5.74, 6) is -1.24. The van der Waals surface area contributed by atoms with Crippen LogP contribution in [0, 0.1) is 0 Å². The normalized spacial score (nSPS) is 13.0. The maximum absolute atomic E-state index is 12.0. The fourth-order valence-corrected chi connectivity index (χ4v) is 2.76. The number of sulfonamides is 1. The smallest absolute Gasteiger partial charge is 0.322 e. The lowest BCUT2D eigenvalue weighted by Gasteiger charge is -2.14. The van der Waals surface area contributed by atoms with E-state index in [9.17, 15) is 13.2 Å². The van der Waals surface area contributed by atoms with Gasteiger partial charge in [-0.05, 0) is 12.0 Å². The molecule has 0 bridgehead atoms. The van der Waals surface area contributed by atoms with Crippen molar-refractivity contribution in [3.63, 3.8) is 0 Å². The van der Waals surface area contributed by atoms with E-state index in [1.54, 1.807) is 30.3 Å². The van der Waals surface area contributed by atoms with Crippen molar-refractivity contribution in [2.75, 3.05) is 0 Å². The van der Waals surface area contributed by atoms with E-state index in [1.807, 2.05) is 0 Å². The van der Waals surface area contributed by atoms with Gasteiger partial charge in [0.05, 0.1) is 12.5 Å². The third kappa shape index (κ3) is 3.43. The Morgan fingerprint density at radius 1 is 1.35 bits per heavy atom. The zero-order chi connectivity index (χ0) is 14.6. The second-order valence-electron chi connectivity index (χ2n) is 4.12. The molecule has 2 aromatic rings. The van der Waals surface area contributed by atoms with E-state index in [0.29, 0.717) is 0 Å². The van der Waals surface area contributed by atoms with Crippen molar-refractivity contribution in [1.29, 1.82) is 0 Å². The molecule has 0 unspecified atom stereocenters. The van der Waals surface area contributed by atoms with Crippen LogP contribution >= 0.6 is 0 Å². The molecule has 0 saturated carbocycles. The van der Waals surface area contributed by atoms with Crippen LogP contribution in [0.3, 0.4) is 0 Å². The number of hydrogen-bond acceptors (Lipinski definition) is 4. The molecule has 0 spiro atoms. The molecule has 0 aliphatic heterocycles. The van der Waals surface area contributed by atoms with Crippen molar-refractivity contribution in [3.05, 3.63) is 48.4 Å². The first-order valence-electron chi connectivity index (χ1n) is 5.76. The van der Waals surface area contributed by atoms with Gasteiger partial charge in [-0.15, -0.1) is 0 Å². The highest BCUT2D eigenvalue weighted by molar-refractivity contribution is 7.89. The Morgan fingerprint density at radius 3 is 2.60 bits per heavy atom. The number of carboxylic acid groups (broad SMARTS) is 1. The molecule has 0 amide bonds. The van der Waals surface area contributed by atoms with Crippen LogP contribution in [0.1, 0.15) is 5.56 Å². The van der Waals surface area contributed by atoms with Crippen molar-refractivity contribution >= 4 is 16.0 Å². The van der Waals surface area contributed by atoms with Crippen molar-refractivity contribution in [2.24, 2.45) is 0 Å². The molecule has 2 rings (SSSR count). The van der Waals surface area contributed by atoms with Crippen LogP contribution in [-0.4, -0.2) is 35.5 Å². The monoisotopic (exact) mass is 295 g/mol. The fourth-order valence-electron chi connectivity index (χ4n) is 1.67. The Kier molecular flexibility index (Phi) is 4.16. The molecule has 1 aromatic heterocycles. The van der Waals surface area contributed by atoms with E-state index >= 15 is 0 Å². The Bertz CT molecular complexity index is 668.